The van der Waals surface area contributed by atoms with Gasteiger partial charge in [0.2, 0.25) is 5.75 Å². The van der Waals surface area contributed by atoms with Crippen LogP contribution in [0.3, 0.4) is 0 Å². The first kappa shape index (κ1) is 22.3. The van der Waals surface area contributed by atoms with E-state index in [-0.39, 0.29) is 35.4 Å². The quantitative estimate of drug-likeness (QED) is 0.571. The number of aryl methyl sites for hydroxylation is 1. The molecule has 0 bridgehead atoms. The molecule has 1 aromatic carbocycles. The zero-order chi connectivity index (χ0) is 23.5. The maximum absolute atomic E-state index is 13.1. The number of carbonyl (C=O) groups excluding carboxylic acids is 2. The minimum atomic E-state index is -0.758. The van der Waals surface area contributed by atoms with Crippen LogP contribution in [-0.2, 0) is 13.5 Å². The molecule has 0 saturated carbocycles. The Labute approximate surface area is 188 Å². The summed E-state index contributed by atoms with van der Waals surface area (Å²) in [6.45, 7) is 0.443. The zero-order valence-corrected chi connectivity index (χ0v) is 17.9. The number of hydrogen-bond acceptors (Lipinski definition) is 7. The molecule has 0 aliphatic carbocycles. The van der Waals surface area contributed by atoms with Gasteiger partial charge in [-0.1, -0.05) is 12.1 Å². The molecule has 10 heteroatoms. The van der Waals surface area contributed by atoms with Crippen LogP contribution in [0.25, 0.3) is 0 Å². The van der Waals surface area contributed by atoms with E-state index in [0.717, 1.165) is 5.56 Å². The average Bonchev–Trinajstić information content (AvgIpc) is 3.32. The lowest BCUT2D eigenvalue weighted by molar-refractivity contribution is 0.0720. The molecule has 2 aromatic heterocycles. The molecule has 1 amide bonds. The lowest BCUT2D eigenvalue weighted by atomic mass is 10.1. The average molecular weight is 451 g/mol. The summed E-state index contributed by atoms with van der Waals surface area (Å²) >= 11 is 0. The predicted molar refractivity (Wildman–Crippen MR) is 115 cm³/mol. The lowest BCUT2D eigenvalue weighted by Gasteiger charge is -2.25. The summed E-state index contributed by atoms with van der Waals surface area (Å²) in [7, 11) is 1.45. The molecule has 1 unspecified atom stereocenters. The number of rotatable bonds is 6. The number of amides is 1. The number of aromatic hydroxyl groups is 1. The Morgan fingerprint density at radius 3 is 2.67 bits per heavy atom. The molecular weight excluding hydrogens is 429 g/mol. The Morgan fingerprint density at radius 2 is 1.97 bits per heavy atom. The van der Waals surface area contributed by atoms with Gasteiger partial charge in [-0.3, -0.25) is 19.0 Å². The third kappa shape index (κ3) is 4.50. The summed E-state index contributed by atoms with van der Waals surface area (Å²) in [5, 5.41) is 10.3. The van der Waals surface area contributed by atoms with Crippen LogP contribution in [0, 0.1) is 5.82 Å². The monoisotopic (exact) mass is 451 g/mol. The van der Waals surface area contributed by atoms with Crippen LogP contribution in [-0.4, -0.2) is 47.8 Å². The van der Waals surface area contributed by atoms with Crippen molar-refractivity contribution in [3.05, 3.63) is 81.8 Å². The zero-order valence-electron chi connectivity index (χ0n) is 17.9. The highest BCUT2D eigenvalue weighted by atomic mass is 19.1. The molecule has 33 heavy (non-hydrogen) atoms. The van der Waals surface area contributed by atoms with Gasteiger partial charge in [-0.25, -0.2) is 19.3 Å². The highest BCUT2D eigenvalue weighted by Crippen LogP contribution is 2.32. The van der Waals surface area contributed by atoms with E-state index in [1.807, 2.05) is 0 Å². The van der Waals surface area contributed by atoms with Gasteiger partial charge < -0.3 is 10.0 Å². The molecule has 4 rings (SSSR count). The van der Waals surface area contributed by atoms with E-state index in [4.69, 9.17) is 0 Å². The van der Waals surface area contributed by atoms with Crippen molar-refractivity contribution in [2.24, 2.45) is 7.05 Å². The largest absolute Gasteiger partial charge is 0.501 e. The van der Waals surface area contributed by atoms with Crippen LogP contribution < -0.4 is 5.56 Å². The van der Waals surface area contributed by atoms with Gasteiger partial charge in [-0.05, 0) is 43.0 Å². The summed E-state index contributed by atoms with van der Waals surface area (Å²) in [5.74, 6) is -1.72. The molecule has 0 spiro atoms. The van der Waals surface area contributed by atoms with E-state index in [1.165, 1.54) is 42.3 Å². The van der Waals surface area contributed by atoms with E-state index in [9.17, 15) is 23.9 Å². The van der Waals surface area contributed by atoms with Crippen molar-refractivity contribution < 1.29 is 19.1 Å². The number of benzene rings is 1. The molecule has 170 valence electrons. The summed E-state index contributed by atoms with van der Waals surface area (Å²) in [5.41, 5.74) is -0.120. The van der Waals surface area contributed by atoms with Crippen LogP contribution in [0.1, 0.15) is 57.7 Å². The predicted octanol–water partition coefficient (Wildman–Crippen LogP) is 2.21. The van der Waals surface area contributed by atoms with Crippen molar-refractivity contribution >= 4 is 11.7 Å². The Balaban J connectivity index is 1.62. The van der Waals surface area contributed by atoms with Crippen molar-refractivity contribution in [3.63, 3.8) is 0 Å². The van der Waals surface area contributed by atoms with E-state index < -0.39 is 23.1 Å². The Morgan fingerprint density at radius 1 is 1.21 bits per heavy atom. The summed E-state index contributed by atoms with van der Waals surface area (Å²) in [6, 6.07) is 6.70. The first-order chi connectivity index (χ1) is 15.9. The van der Waals surface area contributed by atoms with E-state index in [2.05, 4.69) is 15.0 Å². The summed E-state index contributed by atoms with van der Waals surface area (Å²) < 4.78 is 14.3. The van der Waals surface area contributed by atoms with Crippen LogP contribution in [0.5, 0.6) is 5.75 Å². The SMILES string of the molecule is Cn1c(C2CCCN2C(=O)c2ccncn2)nc(C(=O)CCc2ccc(F)cc2)c(O)c1=O. The van der Waals surface area contributed by atoms with Crippen LogP contribution in [0.4, 0.5) is 4.39 Å². The van der Waals surface area contributed by atoms with Gasteiger partial charge in [0.25, 0.3) is 11.5 Å². The fourth-order valence-electron chi connectivity index (χ4n) is 3.97. The fraction of sp³-hybridized carbons (Fsp3) is 0.304. The highest BCUT2D eigenvalue weighted by Gasteiger charge is 2.35. The number of nitrogens with zero attached hydrogens (tertiary/aromatic N) is 5. The van der Waals surface area contributed by atoms with Gasteiger partial charge in [-0.15, -0.1) is 0 Å². The molecule has 1 fully saturated rings. The highest BCUT2D eigenvalue weighted by molar-refractivity contribution is 5.96. The van der Waals surface area contributed by atoms with Crippen molar-refractivity contribution in [1.82, 2.24) is 24.4 Å². The van der Waals surface area contributed by atoms with Gasteiger partial charge in [0.1, 0.15) is 23.7 Å². The van der Waals surface area contributed by atoms with Crippen molar-refractivity contribution in [2.45, 2.75) is 31.7 Å². The molecule has 1 N–H and O–H groups in total. The number of carbonyl (C=O) groups is 2. The van der Waals surface area contributed by atoms with Gasteiger partial charge >= 0.3 is 0 Å². The van der Waals surface area contributed by atoms with Gasteiger partial charge in [-0.2, -0.15) is 0 Å². The fourth-order valence-corrected chi connectivity index (χ4v) is 3.97. The Hall–Kier alpha value is -3.95. The second-order valence-corrected chi connectivity index (χ2v) is 7.83. The molecular formula is C23H22FN5O4. The Kier molecular flexibility index (Phi) is 6.25. The summed E-state index contributed by atoms with van der Waals surface area (Å²) in [4.78, 5) is 52.2. The van der Waals surface area contributed by atoms with Gasteiger partial charge in [0.15, 0.2) is 11.5 Å². The lowest BCUT2D eigenvalue weighted by Crippen LogP contribution is -2.35. The minimum absolute atomic E-state index is 0.0208. The Bertz CT molecular complexity index is 1240. The topological polar surface area (TPSA) is 118 Å². The number of halogens is 1. The number of hydrogen-bond donors (Lipinski definition) is 1. The van der Waals surface area contributed by atoms with Crippen LogP contribution in [0.2, 0.25) is 0 Å². The van der Waals surface area contributed by atoms with Crippen molar-refractivity contribution in [1.29, 1.82) is 0 Å². The third-order valence-corrected chi connectivity index (χ3v) is 5.73. The van der Waals surface area contributed by atoms with Crippen molar-refractivity contribution in [2.75, 3.05) is 6.54 Å². The summed E-state index contributed by atoms with van der Waals surface area (Å²) in [6.07, 6.45) is 4.26. The smallest absolute Gasteiger partial charge is 0.296 e. The first-order valence-corrected chi connectivity index (χ1v) is 10.5. The molecule has 1 aliphatic rings. The second kappa shape index (κ2) is 9.27. The van der Waals surface area contributed by atoms with E-state index in [1.54, 1.807) is 17.0 Å². The van der Waals surface area contributed by atoms with Crippen molar-refractivity contribution in [3.8, 4) is 5.75 Å². The van der Waals surface area contributed by atoms with E-state index >= 15 is 0 Å². The molecule has 3 heterocycles. The van der Waals surface area contributed by atoms with Gasteiger partial charge in [0, 0.05) is 26.2 Å². The number of aromatic nitrogens is 4. The standard InChI is InChI=1S/C23H22FN5O4/c1-28-21(17-3-2-12-29(17)22(32)16-10-11-25-13-26-16)27-19(20(31)23(28)33)18(30)9-6-14-4-7-15(24)8-5-14/h4-5,7-8,10-11,13,17,31H,2-3,6,9,12H2,1H3. The molecule has 0 radical (unpaired) electrons. The molecule has 3 aromatic rings. The number of likely N-dealkylation sites (tertiary alicyclic amines) is 1. The normalized spacial score (nSPS) is 15.6. The minimum Gasteiger partial charge on any atom is -0.501 e. The maximum Gasteiger partial charge on any atom is 0.296 e. The number of ketones is 1. The first-order valence-electron chi connectivity index (χ1n) is 10.5. The molecule has 9 nitrogen and oxygen atoms in total. The third-order valence-electron chi connectivity index (χ3n) is 5.73. The maximum atomic E-state index is 13.1. The van der Waals surface area contributed by atoms with Gasteiger partial charge in [0.05, 0.1) is 6.04 Å². The molecule has 1 aliphatic heterocycles. The molecule has 1 saturated heterocycles. The molecule has 1 atom stereocenters. The number of Topliss-reactive ketones (excluding diaryl/α,β-unsaturated/α-hetero) is 1. The second-order valence-electron chi connectivity index (χ2n) is 7.83. The van der Waals surface area contributed by atoms with Crippen LogP contribution >= 0.6 is 0 Å². The van der Waals surface area contributed by atoms with Crippen LogP contribution in [0.15, 0.2) is 47.7 Å². The van der Waals surface area contributed by atoms with E-state index in [0.29, 0.717) is 25.8 Å².